The highest BCUT2D eigenvalue weighted by molar-refractivity contribution is 5.41. The van der Waals surface area contributed by atoms with Gasteiger partial charge >= 0.3 is 0 Å². The second-order valence-electron chi connectivity index (χ2n) is 5.08. The zero-order valence-electron chi connectivity index (χ0n) is 10.7. The summed E-state index contributed by atoms with van der Waals surface area (Å²) in [4.78, 5) is 0. The van der Waals surface area contributed by atoms with Gasteiger partial charge in [-0.05, 0) is 38.0 Å². The van der Waals surface area contributed by atoms with Crippen LogP contribution in [0.5, 0.6) is 5.75 Å². The van der Waals surface area contributed by atoms with Gasteiger partial charge in [-0.1, -0.05) is 6.07 Å². The van der Waals surface area contributed by atoms with Crippen molar-refractivity contribution in [2.24, 2.45) is 0 Å². The Kier molecular flexibility index (Phi) is 3.40. The lowest BCUT2D eigenvalue weighted by atomic mass is 9.90. The number of methoxy groups -OCH3 is 1. The largest absolute Gasteiger partial charge is 0.496 e. The minimum Gasteiger partial charge on any atom is -0.496 e. The number of hydrogen-bond donors (Lipinski definition) is 1. The van der Waals surface area contributed by atoms with Gasteiger partial charge in [-0.25, -0.2) is 0 Å². The second kappa shape index (κ2) is 4.67. The first-order valence-electron chi connectivity index (χ1n) is 6.01. The molecule has 1 heterocycles. The Labute approximate surface area is 102 Å². The molecule has 94 valence electrons. The highest BCUT2D eigenvalue weighted by Gasteiger charge is 2.24. The summed E-state index contributed by atoms with van der Waals surface area (Å²) in [5.41, 5.74) is 1.17. The van der Waals surface area contributed by atoms with Crippen molar-refractivity contribution >= 4 is 0 Å². The Morgan fingerprint density at radius 3 is 2.71 bits per heavy atom. The third-order valence-corrected chi connectivity index (χ3v) is 3.28. The molecule has 1 aromatic rings. The van der Waals surface area contributed by atoms with Crippen LogP contribution in [0.1, 0.15) is 37.3 Å². The van der Waals surface area contributed by atoms with E-state index in [0.717, 1.165) is 30.9 Å². The number of ether oxygens (including phenoxy) is 2. The zero-order valence-corrected chi connectivity index (χ0v) is 10.7. The molecular formula is C14H20O3. The smallest absolute Gasteiger partial charge is 0.124 e. The molecule has 0 bridgehead atoms. The van der Waals surface area contributed by atoms with E-state index in [-0.39, 0.29) is 0 Å². The van der Waals surface area contributed by atoms with E-state index >= 15 is 0 Å². The number of rotatable bonds is 3. The first kappa shape index (κ1) is 12.4. The molecule has 1 unspecified atom stereocenters. The average Bonchev–Trinajstić information content (AvgIpc) is 2.80. The third-order valence-electron chi connectivity index (χ3n) is 3.28. The molecule has 1 fully saturated rings. The minimum atomic E-state index is -0.888. The maximum Gasteiger partial charge on any atom is 0.124 e. The summed E-state index contributed by atoms with van der Waals surface area (Å²) in [5, 5.41) is 10.2. The summed E-state index contributed by atoms with van der Waals surface area (Å²) >= 11 is 0. The van der Waals surface area contributed by atoms with Gasteiger partial charge < -0.3 is 14.6 Å². The van der Waals surface area contributed by atoms with Crippen LogP contribution in [0.15, 0.2) is 18.2 Å². The van der Waals surface area contributed by atoms with Crippen molar-refractivity contribution in [2.45, 2.75) is 31.8 Å². The lowest BCUT2D eigenvalue weighted by molar-refractivity contribution is 0.0755. The predicted molar refractivity (Wildman–Crippen MR) is 66.4 cm³/mol. The van der Waals surface area contributed by atoms with Crippen molar-refractivity contribution < 1.29 is 14.6 Å². The Balaban J connectivity index is 2.37. The summed E-state index contributed by atoms with van der Waals surface area (Å²) in [6.07, 6.45) is 1.05. The summed E-state index contributed by atoms with van der Waals surface area (Å²) in [6.45, 7) is 5.16. The van der Waals surface area contributed by atoms with Crippen molar-refractivity contribution in [3.05, 3.63) is 29.3 Å². The molecule has 2 rings (SSSR count). The van der Waals surface area contributed by atoms with E-state index in [0.29, 0.717) is 5.92 Å². The fourth-order valence-corrected chi connectivity index (χ4v) is 2.26. The molecule has 0 saturated carbocycles. The average molecular weight is 236 g/mol. The fraction of sp³-hybridized carbons (Fsp3) is 0.571. The number of hydrogen-bond acceptors (Lipinski definition) is 3. The fourth-order valence-electron chi connectivity index (χ4n) is 2.26. The van der Waals surface area contributed by atoms with Gasteiger partial charge in [0.2, 0.25) is 0 Å². The van der Waals surface area contributed by atoms with Crippen LogP contribution in [-0.4, -0.2) is 25.4 Å². The first-order valence-corrected chi connectivity index (χ1v) is 6.01. The van der Waals surface area contributed by atoms with E-state index in [2.05, 4.69) is 6.07 Å². The van der Waals surface area contributed by atoms with Crippen LogP contribution < -0.4 is 4.74 Å². The zero-order chi connectivity index (χ0) is 12.5. The number of aliphatic hydroxyl groups is 1. The molecule has 1 aliphatic heterocycles. The lowest BCUT2D eigenvalue weighted by Crippen LogP contribution is -2.17. The molecule has 1 aliphatic rings. The Morgan fingerprint density at radius 1 is 1.41 bits per heavy atom. The SMILES string of the molecule is COc1ccc(C2CCOC2)cc1C(C)(C)O. The van der Waals surface area contributed by atoms with E-state index in [1.165, 1.54) is 5.56 Å². The van der Waals surface area contributed by atoms with Gasteiger partial charge in [0.15, 0.2) is 0 Å². The van der Waals surface area contributed by atoms with Crippen LogP contribution in [0.25, 0.3) is 0 Å². The molecule has 1 aromatic carbocycles. The molecule has 3 heteroatoms. The number of benzene rings is 1. The van der Waals surface area contributed by atoms with Crippen LogP contribution in [-0.2, 0) is 10.3 Å². The van der Waals surface area contributed by atoms with E-state index in [1.54, 1.807) is 21.0 Å². The maximum absolute atomic E-state index is 10.2. The van der Waals surface area contributed by atoms with Crippen LogP contribution in [0.3, 0.4) is 0 Å². The molecule has 17 heavy (non-hydrogen) atoms. The minimum absolute atomic E-state index is 0.446. The Morgan fingerprint density at radius 2 is 2.18 bits per heavy atom. The van der Waals surface area contributed by atoms with Gasteiger partial charge in [0.05, 0.1) is 19.3 Å². The molecule has 1 N–H and O–H groups in total. The van der Waals surface area contributed by atoms with Gasteiger partial charge in [0, 0.05) is 18.1 Å². The summed E-state index contributed by atoms with van der Waals surface area (Å²) in [6, 6.07) is 6.03. The molecule has 0 amide bonds. The van der Waals surface area contributed by atoms with E-state index in [4.69, 9.17) is 9.47 Å². The highest BCUT2D eigenvalue weighted by Crippen LogP contribution is 2.34. The predicted octanol–water partition coefficient (Wildman–Crippen LogP) is 2.43. The molecule has 3 nitrogen and oxygen atoms in total. The Bertz CT molecular complexity index is 387. The van der Waals surface area contributed by atoms with Gasteiger partial charge in [-0.2, -0.15) is 0 Å². The van der Waals surface area contributed by atoms with E-state index in [9.17, 15) is 5.11 Å². The molecule has 0 spiro atoms. The maximum atomic E-state index is 10.2. The monoisotopic (exact) mass is 236 g/mol. The topological polar surface area (TPSA) is 38.7 Å². The van der Waals surface area contributed by atoms with Gasteiger partial charge in [-0.15, -0.1) is 0 Å². The second-order valence-corrected chi connectivity index (χ2v) is 5.08. The van der Waals surface area contributed by atoms with E-state index in [1.807, 2.05) is 12.1 Å². The van der Waals surface area contributed by atoms with Gasteiger partial charge in [0.1, 0.15) is 5.75 Å². The molecular weight excluding hydrogens is 216 g/mol. The normalized spacial score (nSPS) is 20.6. The molecule has 0 radical (unpaired) electrons. The summed E-state index contributed by atoms with van der Waals surface area (Å²) < 4.78 is 10.7. The molecule has 1 atom stereocenters. The van der Waals surface area contributed by atoms with Crippen LogP contribution in [0, 0.1) is 0 Å². The summed E-state index contributed by atoms with van der Waals surface area (Å²) in [5.74, 6) is 1.18. The third kappa shape index (κ3) is 2.61. The van der Waals surface area contributed by atoms with Crippen molar-refractivity contribution in [3.8, 4) is 5.75 Å². The highest BCUT2D eigenvalue weighted by atomic mass is 16.5. The van der Waals surface area contributed by atoms with Crippen LogP contribution >= 0.6 is 0 Å². The quantitative estimate of drug-likeness (QED) is 0.876. The first-order chi connectivity index (χ1) is 8.02. The van der Waals surface area contributed by atoms with Crippen LogP contribution in [0.2, 0.25) is 0 Å². The standard InChI is InChI=1S/C14H20O3/c1-14(2,15)12-8-10(4-5-13(12)16-3)11-6-7-17-9-11/h4-5,8,11,15H,6-7,9H2,1-3H3. The van der Waals surface area contributed by atoms with Crippen molar-refractivity contribution in [2.75, 3.05) is 20.3 Å². The van der Waals surface area contributed by atoms with Gasteiger partial charge in [0.25, 0.3) is 0 Å². The lowest BCUT2D eigenvalue weighted by Gasteiger charge is -2.22. The molecule has 1 saturated heterocycles. The van der Waals surface area contributed by atoms with Crippen molar-refractivity contribution in [3.63, 3.8) is 0 Å². The molecule has 0 aliphatic carbocycles. The van der Waals surface area contributed by atoms with Gasteiger partial charge in [-0.3, -0.25) is 0 Å². The van der Waals surface area contributed by atoms with Crippen molar-refractivity contribution in [1.29, 1.82) is 0 Å². The molecule has 0 aromatic heterocycles. The summed E-state index contributed by atoms with van der Waals surface area (Å²) in [7, 11) is 1.63. The van der Waals surface area contributed by atoms with Crippen molar-refractivity contribution in [1.82, 2.24) is 0 Å². The van der Waals surface area contributed by atoms with Crippen LogP contribution in [0.4, 0.5) is 0 Å². The Hall–Kier alpha value is -1.06. The van der Waals surface area contributed by atoms with E-state index < -0.39 is 5.60 Å².